The van der Waals surface area contributed by atoms with E-state index in [0.29, 0.717) is 6.04 Å². The van der Waals surface area contributed by atoms with E-state index >= 15 is 0 Å². The lowest BCUT2D eigenvalue weighted by atomic mass is 9.91. The van der Waals surface area contributed by atoms with E-state index in [4.69, 9.17) is 4.74 Å². The first-order valence-corrected chi connectivity index (χ1v) is 9.79. The van der Waals surface area contributed by atoms with Crippen LogP contribution in [0.15, 0.2) is 0 Å². The molecule has 0 amide bonds. The summed E-state index contributed by atoms with van der Waals surface area (Å²) in [5.74, 6) is 2.02. The summed E-state index contributed by atoms with van der Waals surface area (Å²) in [6.07, 6.45) is 3.80. The smallest absolute Gasteiger partial charge is 0.0509 e. The van der Waals surface area contributed by atoms with Gasteiger partial charge in [-0.15, -0.1) is 0 Å². The van der Waals surface area contributed by atoms with Crippen molar-refractivity contribution in [3.8, 4) is 0 Å². The largest absolute Gasteiger partial charge is 0.381 e. The van der Waals surface area contributed by atoms with Gasteiger partial charge in [-0.2, -0.15) is 23.5 Å². The van der Waals surface area contributed by atoms with Crippen LogP contribution in [0, 0.1) is 5.92 Å². The Morgan fingerprint density at radius 2 is 2.16 bits per heavy atom. The molecule has 2 fully saturated rings. The summed E-state index contributed by atoms with van der Waals surface area (Å²) in [6.45, 7) is 10.1. The van der Waals surface area contributed by atoms with Crippen LogP contribution in [0.25, 0.3) is 0 Å². The molecule has 112 valence electrons. The topological polar surface area (TPSA) is 21.3 Å². The summed E-state index contributed by atoms with van der Waals surface area (Å²) in [7, 11) is 0. The Bertz CT molecular complexity index is 259. The first-order chi connectivity index (χ1) is 9.22. The van der Waals surface area contributed by atoms with Crippen molar-refractivity contribution in [2.45, 2.75) is 61.8 Å². The van der Waals surface area contributed by atoms with Crippen LogP contribution in [0.1, 0.15) is 40.0 Å². The maximum absolute atomic E-state index is 5.73. The quantitative estimate of drug-likeness (QED) is 0.840. The van der Waals surface area contributed by atoms with Gasteiger partial charge in [0.1, 0.15) is 0 Å². The van der Waals surface area contributed by atoms with Gasteiger partial charge in [0.25, 0.3) is 0 Å². The molecule has 0 spiro atoms. The summed E-state index contributed by atoms with van der Waals surface area (Å²) < 4.78 is 5.73. The number of nitrogens with one attached hydrogen (secondary N) is 1. The molecule has 2 aliphatic heterocycles. The Hall–Kier alpha value is 0.620. The summed E-state index contributed by atoms with van der Waals surface area (Å²) in [6, 6.07) is 0.646. The average Bonchev–Trinajstić information content (AvgIpc) is 2.44. The molecule has 0 aromatic rings. The second kappa shape index (κ2) is 8.16. The van der Waals surface area contributed by atoms with Gasteiger partial charge in [0, 0.05) is 34.2 Å². The van der Waals surface area contributed by atoms with Crippen LogP contribution in [0.5, 0.6) is 0 Å². The van der Waals surface area contributed by atoms with Crippen LogP contribution in [0.2, 0.25) is 0 Å². The zero-order valence-corrected chi connectivity index (χ0v) is 14.2. The Kier molecular flexibility index (Phi) is 6.87. The molecular formula is C15H29NOS2. The van der Waals surface area contributed by atoms with Gasteiger partial charge in [0.05, 0.1) is 6.61 Å². The first kappa shape index (κ1) is 16.0. The zero-order valence-electron chi connectivity index (χ0n) is 12.6. The number of hydrogen-bond donors (Lipinski definition) is 1. The van der Waals surface area contributed by atoms with Crippen molar-refractivity contribution in [2.24, 2.45) is 5.92 Å². The van der Waals surface area contributed by atoms with Gasteiger partial charge in [-0.05, 0) is 31.7 Å². The number of ether oxygens (including phenoxy) is 1. The first-order valence-electron chi connectivity index (χ1n) is 7.80. The Morgan fingerprint density at radius 3 is 2.79 bits per heavy atom. The highest BCUT2D eigenvalue weighted by atomic mass is 32.2. The zero-order chi connectivity index (χ0) is 13.7. The van der Waals surface area contributed by atoms with E-state index in [1.165, 1.54) is 25.0 Å². The molecule has 0 aromatic carbocycles. The van der Waals surface area contributed by atoms with Crippen LogP contribution in [-0.4, -0.2) is 47.3 Å². The van der Waals surface area contributed by atoms with Crippen molar-refractivity contribution < 1.29 is 4.74 Å². The number of hydrogen-bond acceptors (Lipinski definition) is 4. The fourth-order valence-corrected chi connectivity index (χ4v) is 6.17. The molecular weight excluding hydrogens is 274 g/mol. The molecule has 2 rings (SSSR count). The molecule has 19 heavy (non-hydrogen) atoms. The molecule has 1 N–H and O–H groups in total. The highest BCUT2D eigenvalue weighted by Gasteiger charge is 2.35. The van der Waals surface area contributed by atoms with Crippen molar-refractivity contribution in [3.63, 3.8) is 0 Å². The Labute approximate surface area is 127 Å². The van der Waals surface area contributed by atoms with Gasteiger partial charge in [-0.3, -0.25) is 0 Å². The van der Waals surface area contributed by atoms with Gasteiger partial charge >= 0.3 is 0 Å². The van der Waals surface area contributed by atoms with E-state index in [-0.39, 0.29) is 0 Å². The van der Waals surface area contributed by atoms with Gasteiger partial charge in [0.2, 0.25) is 0 Å². The summed E-state index contributed by atoms with van der Waals surface area (Å²) in [5, 5.41) is 6.17. The van der Waals surface area contributed by atoms with E-state index in [1.807, 2.05) is 0 Å². The molecule has 2 saturated heterocycles. The monoisotopic (exact) mass is 303 g/mol. The lowest BCUT2D eigenvalue weighted by molar-refractivity contribution is 0.0397. The highest BCUT2D eigenvalue weighted by Crippen LogP contribution is 2.39. The molecule has 0 bridgehead atoms. The highest BCUT2D eigenvalue weighted by molar-refractivity contribution is 8.07. The van der Waals surface area contributed by atoms with Crippen LogP contribution >= 0.6 is 23.5 Å². The van der Waals surface area contributed by atoms with E-state index in [2.05, 4.69) is 49.6 Å². The van der Waals surface area contributed by atoms with Gasteiger partial charge in [-0.1, -0.05) is 20.8 Å². The molecule has 0 aromatic heterocycles. The minimum absolute atomic E-state index is 0.646. The second-order valence-corrected chi connectivity index (χ2v) is 8.91. The van der Waals surface area contributed by atoms with Crippen molar-refractivity contribution in [1.29, 1.82) is 0 Å². The molecule has 5 unspecified atom stereocenters. The van der Waals surface area contributed by atoms with Crippen molar-refractivity contribution in [1.82, 2.24) is 5.32 Å². The van der Waals surface area contributed by atoms with Crippen LogP contribution in [-0.2, 0) is 4.74 Å². The molecule has 4 heteroatoms. The minimum atomic E-state index is 0.646. The number of rotatable bonds is 5. The fraction of sp³-hybridized carbons (Fsp3) is 1.00. The average molecular weight is 304 g/mol. The van der Waals surface area contributed by atoms with E-state index in [9.17, 15) is 0 Å². The maximum Gasteiger partial charge on any atom is 0.0509 e. The normalized spacial score (nSPS) is 38.1. The van der Waals surface area contributed by atoms with Gasteiger partial charge < -0.3 is 10.1 Å². The van der Waals surface area contributed by atoms with Gasteiger partial charge in [-0.25, -0.2) is 0 Å². The van der Waals surface area contributed by atoms with Crippen LogP contribution < -0.4 is 5.32 Å². The summed E-state index contributed by atoms with van der Waals surface area (Å²) >= 11 is 4.37. The lowest BCUT2D eigenvalue weighted by Gasteiger charge is -2.40. The second-order valence-electron chi connectivity index (χ2n) is 5.88. The van der Waals surface area contributed by atoms with Crippen LogP contribution in [0.3, 0.4) is 0 Å². The third-order valence-electron chi connectivity index (χ3n) is 4.31. The number of thioether (sulfide) groups is 2. The maximum atomic E-state index is 5.73. The van der Waals surface area contributed by atoms with Crippen LogP contribution in [0.4, 0.5) is 0 Å². The molecule has 0 aliphatic carbocycles. The van der Waals surface area contributed by atoms with E-state index < -0.39 is 0 Å². The SMILES string of the molecule is CCCNC(C1CCCOC1)C1CSC(C)C(C)S1. The molecule has 0 radical (unpaired) electrons. The van der Waals surface area contributed by atoms with Crippen molar-refractivity contribution in [2.75, 3.05) is 25.5 Å². The predicted octanol–water partition coefficient (Wildman–Crippen LogP) is 3.41. The summed E-state index contributed by atoms with van der Waals surface area (Å²) in [4.78, 5) is 0. The molecule has 2 aliphatic rings. The molecule has 2 nitrogen and oxygen atoms in total. The Balaban J connectivity index is 1.95. The fourth-order valence-electron chi connectivity index (χ4n) is 2.96. The van der Waals surface area contributed by atoms with Crippen molar-refractivity contribution >= 4 is 23.5 Å². The standard InChI is InChI=1S/C15H29NOS2/c1-4-7-16-15(13-6-5-8-17-9-13)14-10-18-11(2)12(3)19-14/h11-16H,4-10H2,1-3H3. The predicted molar refractivity (Wildman–Crippen MR) is 88.4 cm³/mol. The molecule has 2 heterocycles. The Morgan fingerprint density at radius 1 is 1.32 bits per heavy atom. The van der Waals surface area contributed by atoms with E-state index in [1.54, 1.807) is 0 Å². The van der Waals surface area contributed by atoms with Gasteiger partial charge in [0.15, 0.2) is 0 Å². The lowest BCUT2D eigenvalue weighted by Crippen LogP contribution is -2.50. The third kappa shape index (κ3) is 4.55. The third-order valence-corrected chi connectivity index (χ3v) is 7.82. The molecule has 5 atom stereocenters. The minimum Gasteiger partial charge on any atom is -0.381 e. The van der Waals surface area contributed by atoms with Crippen molar-refractivity contribution in [3.05, 3.63) is 0 Å². The summed E-state index contributed by atoms with van der Waals surface area (Å²) in [5.41, 5.74) is 0. The van der Waals surface area contributed by atoms with E-state index in [0.717, 1.165) is 41.4 Å². The molecule has 0 saturated carbocycles.